The van der Waals surface area contributed by atoms with Crippen molar-refractivity contribution in [3.63, 3.8) is 0 Å². The first-order chi connectivity index (χ1) is 27.3. The Morgan fingerprint density at radius 1 is 0.218 bits per heavy atom. The molecule has 260 valence electrons. The van der Waals surface area contributed by atoms with E-state index in [2.05, 4.69) is 188 Å². The third kappa shape index (κ3) is 6.72. The fourth-order valence-corrected chi connectivity index (χ4v) is 12.5. The van der Waals surface area contributed by atoms with Crippen LogP contribution in [0.15, 0.2) is 224 Å². The van der Waals surface area contributed by atoms with E-state index < -0.39 is 8.07 Å². The highest BCUT2D eigenvalue weighted by Crippen LogP contribution is 2.26. The Morgan fingerprint density at radius 2 is 0.491 bits per heavy atom. The Kier molecular flexibility index (Phi) is 9.31. The van der Waals surface area contributed by atoms with Gasteiger partial charge in [0.15, 0.2) is 25.5 Å². The average Bonchev–Trinajstić information content (AvgIpc) is 3.28. The lowest BCUT2D eigenvalue weighted by Crippen LogP contribution is -2.74. The topological polar surface area (TPSA) is 38.7 Å². The van der Waals surface area contributed by atoms with E-state index in [9.17, 15) is 0 Å². The second kappa shape index (κ2) is 15.2. The maximum Gasteiger partial charge on any atom is 0.179 e. The van der Waals surface area contributed by atoms with Gasteiger partial charge in [-0.15, -0.1) is 0 Å². The van der Waals surface area contributed by atoms with Crippen LogP contribution in [0.5, 0.6) is 0 Å². The standard InChI is InChI=1S/C51H37N3Si/c1-6-19-38(20-7-1)42-27-16-32-46(35-42)55(45-30-14-5-15-31-45,47-33-17-28-43(36-47)39-21-8-2-9-22-39)48-34-18-29-44(37-48)51-53-49(40-23-10-3-11-24-40)52-50(54-51)41-25-12-4-13-26-41/h1-37H. The van der Waals surface area contributed by atoms with Crippen LogP contribution < -0.4 is 20.7 Å². The molecular weight excluding hydrogens is 683 g/mol. The summed E-state index contributed by atoms with van der Waals surface area (Å²) in [5.41, 5.74) is 7.61. The molecule has 9 rings (SSSR count). The molecule has 0 spiro atoms. The molecule has 0 bridgehead atoms. The highest BCUT2D eigenvalue weighted by atomic mass is 28.3. The van der Waals surface area contributed by atoms with Gasteiger partial charge in [0.1, 0.15) is 0 Å². The Hall–Kier alpha value is -7.01. The van der Waals surface area contributed by atoms with Crippen molar-refractivity contribution in [2.45, 2.75) is 0 Å². The summed E-state index contributed by atoms with van der Waals surface area (Å²) in [4.78, 5) is 15.3. The Bertz CT molecular complexity index is 2540. The predicted octanol–water partition coefficient (Wildman–Crippen LogP) is 9.58. The van der Waals surface area contributed by atoms with E-state index in [1.165, 1.54) is 43.0 Å². The Labute approximate surface area is 323 Å². The fraction of sp³-hybridized carbons (Fsp3) is 0. The van der Waals surface area contributed by atoms with Gasteiger partial charge in [0.05, 0.1) is 0 Å². The van der Waals surface area contributed by atoms with Crippen LogP contribution in [-0.2, 0) is 0 Å². The van der Waals surface area contributed by atoms with Crippen LogP contribution in [0, 0.1) is 0 Å². The van der Waals surface area contributed by atoms with Crippen LogP contribution in [0.1, 0.15) is 0 Å². The fourth-order valence-electron chi connectivity index (χ4n) is 7.64. The quantitative estimate of drug-likeness (QED) is 0.110. The number of nitrogens with zero attached hydrogens (tertiary/aromatic N) is 3. The number of rotatable bonds is 9. The minimum Gasteiger partial charge on any atom is -0.208 e. The van der Waals surface area contributed by atoms with Gasteiger partial charge in [-0.05, 0) is 43.0 Å². The number of aromatic nitrogens is 3. The van der Waals surface area contributed by atoms with Gasteiger partial charge in [-0.1, -0.05) is 224 Å². The summed E-state index contributed by atoms with van der Waals surface area (Å²) in [6, 6.07) is 80.1. The van der Waals surface area contributed by atoms with Gasteiger partial charge in [-0.2, -0.15) is 0 Å². The molecule has 0 aliphatic rings. The largest absolute Gasteiger partial charge is 0.208 e. The molecule has 0 amide bonds. The monoisotopic (exact) mass is 719 g/mol. The van der Waals surface area contributed by atoms with Crippen LogP contribution >= 0.6 is 0 Å². The van der Waals surface area contributed by atoms with Crippen molar-refractivity contribution in [1.82, 2.24) is 15.0 Å². The average molecular weight is 720 g/mol. The first-order valence-corrected chi connectivity index (χ1v) is 20.6. The molecule has 55 heavy (non-hydrogen) atoms. The van der Waals surface area contributed by atoms with Crippen molar-refractivity contribution in [1.29, 1.82) is 0 Å². The molecule has 0 fully saturated rings. The van der Waals surface area contributed by atoms with E-state index >= 15 is 0 Å². The zero-order chi connectivity index (χ0) is 36.9. The summed E-state index contributed by atoms with van der Waals surface area (Å²) < 4.78 is 0. The second-order valence-electron chi connectivity index (χ2n) is 13.6. The molecule has 3 nitrogen and oxygen atoms in total. The van der Waals surface area contributed by atoms with Gasteiger partial charge in [0.25, 0.3) is 0 Å². The van der Waals surface area contributed by atoms with Crippen molar-refractivity contribution >= 4 is 28.8 Å². The molecule has 0 unspecified atom stereocenters. The molecule has 0 atom stereocenters. The molecule has 1 aromatic heterocycles. The highest BCUT2D eigenvalue weighted by molar-refractivity contribution is 7.20. The summed E-state index contributed by atoms with van der Waals surface area (Å²) >= 11 is 0. The first-order valence-electron chi connectivity index (χ1n) is 18.6. The highest BCUT2D eigenvalue weighted by Gasteiger charge is 2.42. The molecular formula is C51H37N3Si. The molecule has 1 heterocycles. The molecule has 0 aliphatic heterocycles. The SMILES string of the molecule is c1ccc(-c2cccc([Si](c3ccccc3)(c3cccc(-c4ccccc4)c3)c3cccc(-c4nc(-c5ccccc5)nc(-c5ccccc5)n4)c3)c2)cc1. The maximum absolute atomic E-state index is 5.14. The van der Waals surface area contributed by atoms with E-state index in [1.54, 1.807) is 0 Å². The molecule has 0 saturated carbocycles. The van der Waals surface area contributed by atoms with Gasteiger partial charge >= 0.3 is 0 Å². The zero-order valence-corrected chi connectivity index (χ0v) is 31.2. The predicted molar refractivity (Wildman–Crippen MR) is 231 cm³/mol. The molecule has 0 radical (unpaired) electrons. The van der Waals surface area contributed by atoms with Gasteiger partial charge in [-0.25, -0.2) is 15.0 Å². The molecule has 4 heteroatoms. The Morgan fingerprint density at radius 3 is 0.891 bits per heavy atom. The summed E-state index contributed by atoms with van der Waals surface area (Å²) in [5.74, 6) is 1.93. The van der Waals surface area contributed by atoms with E-state index in [0.29, 0.717) is 17.5 Å². The summed E-state index contributed by atoms with van der Waals surface area (Å²) in [5, 5.41) is 5.14. The molecule has 9 aromatic rings. The van der Waals surface area contributed by atoms with Crippen molar-refractivity contribution in [2.24, 2.45) is 0 Å². The third-order valence-corrected chi connectivity index (χ3v) is 15.0. The lowest BCUT2D eigenvalue weighted by atomic mass is 10.1. The van der Waals surface area contributed by atoms with Gasteiger partial charge in [-0.3, -0.25) is 0 Å². The minimum atomic E-state index is -3.02. The number of hydrogen-bond acceptors (Lipinski definition) is 3. The zero-order valence-electron chi connectivity index (χ0n) is 30.2. The van der Waals surface area contributed by atoms with Crippen LogP contribution in [0.3, 0.4) is 0 Å². The normalized spacial score (nSPS) is 11.3. The minimum absolute atomic E-state index is 0.640. The summed E-state index contributed by atoms with van der Waals surface area (Å²) in [7, 11) is -3.02. The van der Waals surface area contributed by atoms with Gasteiger partial charge in [0.2, 0.25) is 0 Å². The van der Waals surface area contributed by atoms with Crippen LogP contribution in [0.2, 0.25) is 0 Å². The van der Waals surface area contributed by atoms with Crippen LogP contribution in [0.4, 0.5) is 0 Å². The van der Waals surface area contributed by atoms with Crippen LogP contribution in [-0.4, -0.2) is 23.0 Å². The lowest BCUT2D eigenvalue weighted by molar-refractivity contribution is 1.07. The number of hydrogen-bond donors (Lipinski definition) is 0. The maximum atomic E-state index is 5.14. The summed E-state index contributed by atoms with van der Waals surface area (Å²) in [6.07, 6.45) is 0. The molecule has 0 saturated heterocycles. The van der Waals surface area contributed by atoms with Gasteiger partial charge in [0, 0.05) is 16.7 Å². The molecule has 0 N–H and O–H groups in total. The van der Waals surface area contributed by atoms with Crippen molar-refractivity contribution in [2.75, 3.05) is 0 Å². The summed E-state index contributed by atoms with van der Waals surface area (Å²) in [6.45, 7) is 0. The van der Waals surface area contributed by atoms with Crippen molar-refractivity contribution in [3.05, 3.63) is 224 Å². The van der Waals surface area contributed by atoms with E-state index in [0.717, 1.165) is 16.7 Å². The number of benzene rings is 8. The molecule has 8 aromatic carbocycles. The van der Waals surface area contributed by atoms with E-state index in [4.69, 9.17) is 15.0 Å². The first kappa shape index (κ1) is 33.8. The molecule has 0 aliphatic carbocycles. The van der Waals surface area contributed by atoms with Gasteiger partial charge < -0.3 is 0 Å². The van der Waals surface area contributed by atoms with E-state index in [-0.39, 0.29) is 0 Å². The van der Waals surface area contributed by atoms with Crippen molar-refractivity contribution in [3.8, 4) is 56.4 Å². The third-order valence-electron chi connectivity index (χ3n) is 10.3. The van der Waals surface area contributed by atoms with Crippen LogP contribution in [0.25, 0.3) is 56.4 Å². The second-order valence-corrected chi connectivity index (χ2v) is 17.4. The Balaban J connectivity index is 1.32. The smallest absolute Gasteiger partial charge is 0.179 e. The lowest BCUT2D eigenvalue weighted by Gasteiger charge is -2.35. The van der Waals surface area contributed by atoms with Crippen molar-refractivity contribution < 1.29 is 0 Å². The van der Waals surface area contributed by atoms with E-state index in [1.807, 2.05) is 36.4 Å².